The van der Waals surface area contributed by atoms with Crippen LogP contribution in [0, 0.1) is 17.8 Å². The zero-order chi connectivity index (χ0) is 8.55. The summed E-state index contributed by atoms with van der Waals surface area (Å²) < 4.78 is 0. The quantitative estimate of drug-likeness (QED) is 0.672. The van der Waals surface area contributed by atoms with Gasteiger partial charge in [0, 0.05) is 6.04 Å². The fraction of sp³-hybridized carbons (Fsp3) is 1.00. The lowest BCUT2D eigenvalue weighted by Crippen LogP contribution is -2.34. The molecule has 0 saturated heterocycles. The van der Waals surface area contributed by atoms with Crippen molar-refractivity contribution in [1.82, 2.24) is 0 Å². The van der Waals surface area contributed by atoms with E-state index in [9.17, 15) is 0 Å². The number of hydrogen-bond donors (Lipinski definition) is 1. The molecule has 0 aromatic heterocycles. The van der Waals surface area contributed by atoms with Gasteiger partial charge in [-0.25, -0.2) is 0 Å². The van der Waals surface area contributed by atoms with E-state index in [4.69, 9.17) is 5.73 Å². The molecule has 2 rings (SSSR count). The average Bonchev–Trinajstić information content (AvgIpc) is 2.87. The second-order valence-corrected chi connectivity index (χ2v) is 4.74. The number of nitrogens with two attached hydrogens (primary N) is 1. The van der Waals surface area contributed by atoms with Crippen molar-refractivity contribution in [2.24, 2.45) is 23.5 Å². The average molecular weight is 167 g/mol. The highest BCUT2D eigenvalue weighted by Crippen LogP contribution is 2.47. The van der Waals surface area contributed by atoms with Gasteiger partial charge in [-0.1, -0.05) is 13.3 Å². The Morgan fingerprint density at radius 1 is 1.17 bits per heavy atom. The number of rotatable bonds is 2. The van der Waals surface area contributed by atoms with E-state index in [1.807, 2.05) is 0 Å². The van der Waals surface area contributed by atoms with E-state index in [2.05, 4.69) is 6.92 Å². The van der Waals surface area contributed by atoms with Gasteiger partial charge in [0.2, 0.25) is 0 Å². The lowest BCUT2D eigenvalue weighted by atomic mass is 9.73. The van der Waals surface area contributed by atoms with Crippen LogP contribution in [-0.4, -0.2) is 6.04 Å². The van der Waals surface area contributed by atoms with Gasteiger partial charge in [-0.2, -0.15) is 0 Å². The molecule has 2 aliphatic carbocycles. The summed E-state index contributed by atoms with van der Waals surface area (Å²) in [4.78, 5) is 0. The second kappa shape index (κ2) is 3.37. The Hall–Kier alpha value is -0.0400. The highest BCUT2D eigenvalue weighted by atomic mass is 14.7. The van der Waals surface area contributed by atoms with E-state index in [1.165, 1.54) is 38.5 Å². The molecule has 0 aromatic carbocycles. The predicted molar refractivity (Wildman–Crippen MR) is 51.8 cm³/mol. The first kappa shape index (κ1) is 8.55. The molecule has 2 fully saturated rings. The summed E-state index contributed by atoms with van der Waals surface area (Å²) in [5.41, 5.74) is 6.01. The summed E-state index contributed by atoms with van der Waals surface area (Å²) in [6.45, 7) is 2.34. The van der Waals surface area contributed by atoms with Crippen LogP contribution >= 0.6 is 0 Å². The second-order valence-electron chi connectivity index (χ2n) is 4.74. The van der Waals surface area contributed by atoms with Crippen molar-refractivity contribution in [3.05, 3.63) is 0 Å². The maximum Gasteiger partial charge on any atom is 0.00417 e. The molecule has 0 spiro atoms. The first-order chi connectivity index (χ1) is 5.81. The van der Waals surface area contributed by atoms with Crippen molar-refractivity contribution < 1.29 is 0 Å². The van der Waals surface area contributed by atoms with E-state index in [1.54, 1.807) is 0 Å². The summed E-state index contributed by atoms with van der Waals surface area (Å²) in [5, 5.41) is 0. The van der Waals surface area contributed by atoms with E-state index < -0.39 is 0 Å². The van der Waals surface area contributed by atoms with Gasteiger partial charge in [-0.15, -0.1) is 0 Å². The molecule has 0 amide bonds. The molecule has 0 bridgehead atoms. The summed E-state index contributed by atoms with van der Waals surface area (Å²) in [7, 11) is 0. The van der Waals surface area contributed by atoms with Crippen LogP contribution in [0.2, 0.25) is 0 Å². The largest absolute Gasteiger partial charge is 0.328 e. The maximum atomic E-state index is 6.01. The lowest BCUT2D eigenvalue weighted by molar-refractivity contribution is 0.186. The van der Waals surface area contributed by atoms with E-state index in [0.717, 1.165) is 17.8 Å². The Balaban J connectivity index is 1.94. The molecule has 1 heteroatoms. The molecule has 2 N–H and O–H groups in total. The predicted octanol–water partition coefficient (Wildman–Crippen LogP) is 2.55. The van der Waals surface area contributed by atoms with Crippen molar-refractivity contribution in [3.63, 3.8) is 0 Å². The Kier molecular flexibility index (Phi) is 2.40. The van der Waals surface area contributed by atoms with E-state index >= 15 is 0 Å². The molecular weight excluding hydrogens is 146 g/mol. The van der Waals surface area contributed by atoms with E-state index in [-0.39, 0.29) is 0 Å². The van der Waals surface area contributed by atoms with Crippen LogP contribution in [0.1, 0.15) is 45.4 Å². The molecule has 3 unspecified atom stereocenters. The van der Waals surface area contributed by atoms with Crippen molar-refractivity contribution >= 4 is 0 Å². The zero-order valence-corrected chi connectivity index (χ0v) is 8.13. The third-order valence-electron chi connectivity index (χ3n) is 3.84. The Bertz CT molecular complexity index is 151. The molecule has 2 saturated carbocycles. The maximum absolute atomic E-state index is 6.01. The first-order valence-corrected chi connectivity index (χ1v) is 5.56. The van der Waals surface area contributed by atoms with Crippen molar-refractivity contribution in [3.8, 4) is 0 Å². The van der Waals surface area contributed by atoms with Crippen LogP contribution in [0.5, 0.6) is 0 Å². The SMILES string of the molecule is CCC1CCC(N)CC1C1CC1. The molecule has 2 aliphatic rings. The molecule has 0 heterocycles. The van der Waals surface area contributed by atoms with Crippen LogP contribution in [0.15, 0.2) is 0 Å². The summed E-state index contributed by atoms with van der Waals surface area (Å²) in [6, 6.07) is 0.526. The summed E-state index contributed by atoms with van der Waals surface area (Å²) in [5.74, 6) is 3.08. The zero-order valence-electron chi connectivity index (χ0n) is 8.13. The normalized spacial score (nSPS) is 43.0. The fourth-order valence-electron chi connectivity index (χ4n) is 2.91. The van der Waals surface area contributed by atoms with Gasteiger partial charge in [0.15, 0.2) is 0 Å². The third-order valence-corrected chi connectivity index (χ3v) is 3.84. The summed E-state index contributed by atoms with van der Waals surface area (Å²) in [6.07, 6.45) is 8.37. The molecule has 0 aromatic rings. The Labute approximate surface area is 75.7 Å². The lowest BCUT2D eigenvalue weighted by Gasteiger charge is -2.34. The molecule has 12 heavy (non-hydrogen) atoms. The van der Waals surface area contributed by atoms with Crippen molar-refractivity contribution in [2.75, 3.05) is 0 Å². The van der Waals surface area contributed by atoms with Gasteiger partial charge < -0.3 is 5.73 Å². The van der Waals surface area contributed by atoms with Crippen LogP contribution in [-0.2, 0) is 0 Å². The monoisotopic (exact) mass is 167 g/mol. The van der Waals surface area contributed by atoms with Crippen LogP contribution in [0.4, 0.5) is 0 Å². The highest BCUT2D eigenvalue weighted by Gasteiger charge is 2.38. The molecule has 3 atom stereocenters. The van der Waals surface area contributed by atoms with Gasteiger partial charge in [0.1, 0.15) is 0 Å². The molecule has 1 nitrogen and oxygen atoms in total. The van der Waals surface area contributed by atoms with Gasteiger partial charge in [0.25, 0.3) is 0 Å². The van der Waals surface area contributed by atoms with Gasteiger partial charge in [-0.3, -0.25) is 0 Å². The third kappa shape index (κ3) is 1.66. The molecule has 0 radical (unpaired) electrons. The van der Waals surface area contributed by atoms with E-state index in [0.29, 0.717) is 6.04 Å². The van der Waals surface area contributed by atoms with Gasteiger partial charge in [0.05, 0.1) is 0 Å². The Morgan fingerprint density at radius 2 is 1.92 bits per heavy atom. The van der Waals surface area contributed by atoms with Gasteiger partial charge in [-0.05, 0) is 49.9 Å². The standard InChI is InChI=1S/C11H21N/c1-2-8-5-6-10(12)7-11(8)9-3-4-9/h8-11H,2-7,12H2,1H3. The van der Waals surface area contributed by atoms with Crippen LogP contribution in [0.25, 0.3) is 0 Å². The van der Waals surface area contributed by atoms with Crippen LogP contribution < -0.4 is 5.73 Å². The van der Waals surface area contributed by atoms with Gasteiger partial charge >= 0.3 is 0 Å². The highest BCUT2D eigenvalue weighted by molar-refractivity contribution is 4.90. The van der Waals surface area contributed by atoms with Crippen LogP contribution in [0.3, 0.4) is 0 Å². The number of hydrogen-bond acceptors (Lipinski definition) is 1. The smallest absolute Gasteiger partial charge is 0.00417 e. The molecule has 0 aliphatic heterocycles. The molecule has 70 valence electrons. The topological polar surface area (TPSA) is 26.0 Å². The Morgan fingerprint density at radius 3 is 2.50 bits per heavy atom. The fourth-order valence-corrected chi connectivity index (χ4v) is 2.91. The minimum atomic E-state index is 0.526. The van der Waals surface area contributed by atoms with Crippen molar-refractivity contribution in [2.45, 2.75) is 51.5 Å². The first-order valence-electron chi connectivity index (χ1n) is 5.56. The molecular formula is C11H21N. The minimum Gasteiger partial charge on any atom is -0.328 e. The summed E-state index contributed by atoms with van der Waals surface area (Å²) >= 11 is 0. The van der Waals surface area contributed by atoms with Crippen molar-refractivity contribution in [1.29, 1.82) is 0 Å². The minimum absolute atomic E-state index is 0.526.